The van der Waals surface area contributed by atoms with Crippen molar-refractivity contribution in [2.45, 2.75) is 33.3 Å². The fraction of sp³-hybridized carbons (Fsp3) is 0.385. The van der Waals surface area contributed by atoms with Crippen LogP contribution in [0.4, 0.5) is 0 Å². The third kappa shape index (κ3) is 2.71. The second-order valence-corrected chi connectivity index (χ2v) is 4.32. The molecule has 1 atom stereocenters. The predicted molar refractivity (Wildman–Crippen MR) is 63.7 cm³/mol. The van der Waals surface area contributed by atoms with E-state index in [2.05, 4.69) is 42.2 Å². The van der Waals surface area contributed by atoms with E-state index in [-0.39, 0.29) is 5.89 Å². The fourth-order valence-corrected chi connectivity index (χ4v) is 1.61. The van der Waals surface area contributed by atoms with Crippen LogP contribution in [-0.4, -0.2) is 15.2 Å². The van der Waals surface area contributed by atoms with Crippen molar-refractivity contribution in [2.24, 2.45) is 0 Å². The van der Waals surface area contributed by atoms with Crippen LogP contribution in [0, 0.1) is 13.8 Å². The van der Waals surface area contributed by atoms with Gasteiger partial charge in [-0.2, -0.15) is 4.98 Å². The monoisotopic (exact) mass is 232 g/mol. The van der Waals surface area contributed by atoms with Crippen molar-refractivity contribution in [3.63, 3.8) is 0 Å². The van der Waals surface area contributed by atoms with Gasteiger partial charge < -0.3 is 9.63 Å². The number of aromatic nitrogens is 2. The van der Waals surface area contributed by atoms with E-state index in [1.807, 2.05) is 0 Å². The number of hydrogen-bond donors (Lipinski definition) is 1. The van der Waals surface area contributed by atoms with Crippen molar-refractivity contribution in [3.8, 4) is 0 Å². The molecule has 2 rings (SSSR count). The van der Waals surface area contributed by atoms with Gasteiger partial charge in [0.05, 0.1) is 0 Å². The average Bonchev–Trinajstić information content (AvgIpc) is 2.72. The fourth-order valence-electron chi connectivity index (χ4n) is 1.61. The summed E-state index contributed by atoms with van der Waals surface area (Å²) in [7, 11) is 0. The Labute approximate surface area is 100 Å². The standard InChI is InChI=1S/C13H16N2O2/c1-8-4-5-11(6-9(8)2)7-12-14-13(10(3)16)17-15-12/h4-6,10,16H,7H2,1-3H3/t10-/m0/s1. The van der Waals surface area contributed by atoms with Gasteiger partial charge in [0, 0.05) is 6.42 Å². The maximum absolute atomic E-state index is 9.29. The van der Waals surface area contributed by atoms with Crippen LogP contribution in [0.25, 0.3) is 0 Å². The molecule has 0 spiro atoms. The van der Waals surface area contributed by atoms with E-state index in [4.69, 9.17) is 4.52 Å². The minimum atomic E-state index is -0.712. The quantitative estimate of drug-likeness (QED) is 0.882. The zero-order chi connectivity index (χ0) is 12.4. The Balaban J connectivity index is 2.16. The first kappa shape index (κ1) is 11.8. The zero-order valence-corrected chi connectivity index (χ0v) is 10.3. The molecule has 1 aromatic heterocycles. The Bertz CT molecular complexity index is 518. The summed E-state index contributed by atoms with van der Waals surface area (Å²) in [6.07, 6.45) is -0.0897. The number of hydrogen-bond acceptors (Lipinski definition) is 4. The molecule has 0 fully saturated rings. The maximum Gasteiger partial charge on any atom is 0.255 e. The van der Waals surface area contributed by atoms with E-state index in [0.29, 0.717) is 12.2 Å². The molecule has 1 aromatic carbocycles. The Morgan fingerprint density at radius 3 is 2.65 bits per heavy atom. The maximum atomic E-state index is 9.29. The number of rotatable bonds is 3. The number of benzene rings is 1. The summed E-state index contributed by atoms with van der Waals surface area (Å²) in [4.78, 5) is 4.13. The molecule has 0 radical (unpaired) electrons. The minimum Gasteiger partial charge on any atom is -0.384 e. The van der Waals surface area contributed by atoms with Gasteiger partial charge in [0.2, 0.25) is 0 Å². The van der Waals surface area contributed by atoms with Crippen LogP contribution in [0.5, 0.6) is 0 Å². The summed E-state index contributed by atoms with van der Waals surface area (Å²) in [5, 5.41) is 13.1. The van der Waals surface area contributed by atoms with Gasteiger partial charge >= 0.3 is 0 Å². The van der Waals surface area contributed by atoms with Gasteiger partial charge in [0.15, 0.2) is 5.82 Å². The smallest absolute Gasteiger partial charge is 0.255 e. The van der Waals surface area contributed by atoms with Crippen LogP contribution in [-0.2, 0) is 6.42 Å². The van der Waals surface area contributed by atoms with Crippen LogP contribution < -0.4 is 0 Å². The molecule has 0 amide bonds. The highest BCUT2D eigenvalue weighted by Crippen LogP contribution is 2.14. The molecule has 0 saturated heterocycles. The van der Waals surface area contributed by atoms with Gasteiger partial charge in [-0.1, -0.05) is 23.4 Å². The molecule has 90 valence electrons. The third-order valence-electron chi connectivity index (χ3n) is 2.77. The summed E-state index contributed by atoms with van der Waals surface area (Å²) in [6.45, 7) is 5.77. The molecule has 17 heavy (non-hydrogen) atoms. The van der Waals surface area contributed by atoms with Crippen molar-refractivity contribution >= 4 is 0 Å². The first-order valence-electron chi connectivity index (χ1n) is 5.63. The Morgan fingerprint density at radius 1 is 1.29 bits per heavy atom. The van der Waals surface area contributed by atoms with Crippen molar-refractivity contribution < 1.29 is 9.63 Å². The van der Waals surface area contributed by atoms with Gasteiger partial charge in [-0.25, -0.2) is 0 Å². The first-order chi connectivity index (χ1) is 8.06. The Hall–Kier alpha value is -1.68. The second-order valence-electron chi connectivity index (χ2n) is 4.32. The van der Waals surface area contributed by atoms with Crippen molar-refractivity contribution in [3.05, 3.63) is 46.6 Å². The van der Waals surface area contributed by atoms with E-state index in [1.54, 1.807) is 6.92 Å². The Morgan fingerprint density at radius 2 is 2.06 bits per heavy atom. The lowest BCUT2D eigenvalue weighted by Gasteiger charge is -2.02. The summed E-state index contributed by atoms with van der Waals surface area (Å²) < 4.78 is 4.94. The van der Waals surface area contributed by atoms with Gasteiger partial charge in [-0.15, -0.1) is 0 Å². The lowest BCUT2D eigenvalue weighted by Crippen LogP contribution is -1.94. The number of aliphatic hydroxyl groups is 1. The van der Waals surface area contributed by atoms with Crippen molar-refractivity contribution in [2.75, 3.05) is 0 Å². The number of aliphatic hydroxyl groups excluding tert-OH is 1. The highest BCUT2D eigenvalue weighted by Gasteiger charge is 2.11. The van der Waals surface area contributed by atoms with Crippen molar-refractivity contribution in [1.82, 2.24) is 10.1 Å². The van der Waals surface area contributed by atoms with Crippen LogP contribution in [0.3, 0.4) is 0 Å². The molecule has 0 bridgehead atoms. The highest BCUT2D eigenvalue weighted by atomic mass is 16.5. The number of aryl methyl sites for hydroxylation is 2. The first-order valence-corrected chi connectivity index (χ1v) is 5.63. The molecule has 0 aliphatic carbocycles. The Kier molecular flexibility index (Phi) is 3.24. The summed E-state index contributed by atoms with van der Waals surface area (Å²) >= 11 is 0. The molecule has 0 aliphatic heterocycles. The van der Waals surface area contributed by atoms with Crippen LogP contribution in [0.15, 0.2) is 22.7 Å². The highest BCUT2D eigenvalue weighted by molar-refractivity contribution is 5.31. The molecule has 0 unspecified atom stereocenters. The summed E-state index contributed by atoms with van der Waals surface area (Å²) in [5.74, 6) is 0.869. The van der Waals surface area contributed by atoms with Gasteiger partial charge in [-0.3, -0.25) is 0 Å². The second kappa shape index (κ2) is 4.67. The van der Waals surface area contributed by atoms with E-state index in [1.165, 1.54) is 11.1 Å². The third-order valence-corrected chi connectivity index (χ3v) is 2.77. The van der Waals surface area contributed by atoms with Gasteiger partial charge in [0.25, 0.3) is 5.89 Å². The molecule has 4 heteroatoms. The van der Waals surface area contributed by atoms with E-state index in [9.17, 15) is 5.11 Å². The SMILES string of the molecule is Cc1ccc(Cc2noc([C@H](C)O)n2)cc1C. The van der Waals surface area contributed by atoms with Crippen LogP contribution in [0.1, 0.15) is 41.4 Å². The van der Waals surface area contributed by atoms with Crippen molar-refractivity contribution in [1.29, 1.82) is 0 Å². The minimum absolute atomic E-state index is 0.267. The normalized spacial score (nSPS) is 12.7. The van der Waals surface area contributed by atoms with Gasteiger partial charge in [0.1, 0.15) is 6.10 Å². The summed E-state index contributed by atoms with van der Waals surface area (Å²) in [6, 6.07) is 6.26. The summed E-state index contributed by atoms with van der Waals surface area (Å²) in [5.41, 5.74) is 3.67. The van der Waals surface area contributed by atoms with Crippen LogP contribution in [0.2, 0.25) is 0 Å². The molecule has 0 saturated carbocycles. The van der Waals surface area contributed by atoms with Gasteiger partial charge in [-0.05, 0) is 37.5 Å². The lowest BCUT2D eigenvalue weighted by molar-refractivity contribution is 0.151. The predicted octanol–water partition coefficient (Wildman–Crippen LogP) is 2.33. The van der Waals surface area contributed by atoms with E-state index >= 15 is 0 Å². The van der Waals surface area contributed by atoms with Crippen LogP contribution >= 0.6 is 0 Å². The number of nitrogens with zero attached hydrogens (tertiary/aromatic N) is 2. The van der Waals surface area contributed by atoms with E-state index < -0.39 is 6.10 Å². The molecule has 2 aromatic rings. The van der Waals surface area contributed by atoms with E-state index in [0.717, 1.165) is 5.56 Å². The molecule has 1 heterocycles. The molecule has 0 aliphatic rings. The molecular formula is C13H16N2O2. The average molecular weight is 232 g/mol. The molecule has 1 N–H and O–H groups in total. The molecular weight excluding hydrogens is 216 g/mol. The largest absolute Gasteiger partial charge is 0.384 e. The lowest BCUT2D eigenvalue weighted by atomic mass is 10.0. The molecule has 4 nitrogen and oxygen atoms in total. The topological polar surface area (TPSA) is 59.2 Å². The zero-order valence-electron chi connectivity index (χ0n) is 10.3.